The molecule has 0 spiro atoms. The van der Waals surface area contributed by atoms with Crippen LogP contribution in [0.2, 0.25) is 0 Å². The van der Waals surface area contributed by atoms with Gasteiger partial charge in [-0.15, -0.1) is 0 Å². The lowest BCUT2D eigenvalue weighted by Gasteiger charge is -2.01. The second kappa shape index (κ2) is 4.25. The van der Waals surface area contributed by atoms with E-state index in [2.05, 4.69) is 4.79 Å². The maximum atomic E-state index is 12.2. The fourth-order valence-corrected chi connectivity index (χ4v) is 1.05. The largest absolute Gasteiger partial charge is 0.495 e. The van der Waals surface area contributed by atoms with Crippen molar-refractivity contribution in [3.63, 3.8) is 0 Å². The van der Waals surface area contributed by atoms with Crippen molar-refractivity contribution in [3.8, 4) is 0 Å². The van der Waals surface area contributed by atoms with Gasteiger partial charge in [0, 0.05) is 0 Å². The maximum absolute atomic E-state index is 12.2. The number of aliphatic hydroxyl groups is 1. The van der Waals surface area contributed by atoms with Crippen LogP contribution in [0.4, 0.5) is 13.2 Å². The topological polar surface area (TPSA) is 56.6 Å². The average Bonchev–Trinajstić information content (AvgIpc) is 2.18. The molecule has 0 aliphatic carbocycles. The van der Waals surface area contributed by atoms with E-state index in [1.54, 1.807) is 0 Å². The van der Waals surface area contributed by atoms with Crippen LogP contribution >= 0.6 is 0 Å². The average molecular weight is 216 g/mol. The lowest BCUT2D eigenvalue weighted by molar-refractivity contribution is -0.111. The van der Waals surface area contributed by atoms with Gasteiger partial charge >= 0.3 is 11.9 Å². The van der Waals surface area contributed by atoms with Gasteiger partial charge in [0.15, 0.2) is 0 Å². The zero-order chi connectivity index (χ0) is 11.5. The highest BCUT2D eigenvalue weighted by Crippen LogP contribution is 2.21. The molecule has 6 heteroatoms. The molecule has 0 amide bonds. The van der Waals surface area contributed by atoms with Crippen LogP contribution in [0, 0.1) is 0 Å². The molecule has 0 fully saturated rings. The van der Waals surface area contributed by atoms with Crippen molar-refractivity contribution in [2.24, 2.45) is 0 Å². The van der Waals surface area contributed by atoms with E-state index >= 15 is 0 Å². The standard InChI is InChI=1S/C9H7F3N2O/c10-9(11,12)8(14-13)7-3-1-6(5-15)2-4-7/h1-4,15H,5H2. The summed E-state index contributed by atoms with van der Waals surface area (Å²) in [5.41, 5.74) is 7.14. The first-order valence-corrected chi connectivity index (χ1v) is 3.98. The minimum atomic E-state index is -4.70. The molecular formula is C9H7F3N2O. The van der Waals surface area contributed by atoms with Crippen molar-refractivity contribution < 1.29 is 23.1 Å². The summed E-state index contributed by atoms with van der Waals surface area (Å²) < 4.78 is 36.7. The molecule has 1 rings (SSSR count). The predicted molar refractivity (Wildman–Crippen MR) is 46.1 cm³/mol. The van der Waals surface area contributed by atoms with E-state index in [9.17, 15) is 13.2 Å². The van der Waals surface area contributed by atoms with Gasteiger partial charge in [-0.2, -0.15) is 18.0 Å². The summed E-state index contributed by atoms with van der Waals surface area (Å²) in [5, 5.41) is 8.68. The molecule has 1 aromatic carbocycles. The minimum absolute atomic E-state index is 0.248. The number of alkyl halides is 3. The van der Waals surface area contributed by atoms with E-state index in [1.165, 1.54) is 12.1 Å². The Kier molecular flexibility index (Phi) is 3.24. The monoisotopic (exact) mass is 216 g/mol. The Bertz CT molecular complexity index is 391. The Labute approximate surface area is 83.4 Å². The molecule has 0 unspecified atom stereocenters. The maximum Gasteiger partial charge on any atom is 0.495 e. The first-order valence-electron chi connectivity index (χ1n) is 3.98. The summed E-state index contributed by atoms with van der Waals surface area (Å²) in [6, 6.07) is 4.92. The van der Waals surface area contributed by atoms with Crippen molar-refractivity contribution >= 4 is 5.71 Å². The molecule has 1 aromatic rings. The molecular weight excluding hydrogens is 209 g/mol. The highest BCUT2D eigenvalue weighted by Gasteiger charge is 2.45. The number of benzene rings is 1. The van der Waals surface area contributed by atoms with Gasteiger partial charge < -0.3 is 10.6 Å². The second-order valence-corrected chi connectivity index (χ2v) is 2.80. The first-order chi connectivity index (χ1) is 6.99. The number of nitrogens with zero attached hydrogens (tertiary/aromatic N) is 2. The zero-order valence-corrected chi connectivity index (χ0v) is 7.49. The molecule has 15 heavy (non-hydrogen) atoms. The van der Waals surface area contributed by atoms with Gasteiger partial charge in [0.1, 0.15) is 0 Å². The Morgan fingerprint density at radius 1 is 1.27 bits per heavy atom. The number of hydrogen-bond acceptors (Lipinski definition) is 1. The molecule has 0 aliphatic rings. The number of rotatable bonds is 2. The molecule has 0 heterocycles. The van der Waals surface area contributed by atoms with Crippen molar-refractivity contribution in [1.82, 2.24) is 0 Å². The number of hydrogen-bond donors (Lipinski definition) is 1. The van der Waals surface area contributed by atoms with E-state index in [0.717, 1.165) is 12.1 Å². The van der Waals surface area contributed by atoms with Crippen LogP contribution in [0.3, 0.4) is 0 Å². The molecule has 0 saturated carbocycles. The predicted octanol–water partition coefficient (Wildman–Crippen LogP) is 1.76. The Balaban J connectivity index is 3.11. The number of halogens is 3. The lowest BCUT2D eigenvalue weighted by atomic mass is 10.1. The summed E-state index contributed by atoms with van der Waals surface area (Å²) in [6.45, 7) is -0.252. The van der Waals surface area contributed by atoms with E-state index in [4.69, 9.17) is 10.6 Å². The molecule has 80 valence electrons. The van der Waals surface area contributed by atoms with Gasteiger partial charge in [-0.05, 0) is 17.7 Å². The van der Waals surface area contributed by atoms with E-state index in [0.29, 0.717) is 5.56 Å². The van der Waals surface area contributed by atoms with Gasteiger partial charge in [-0.3, -0.25) is 0 Å². The summed E-state index contributed by atoms with van der Waals surface area (Å²) in [7, 11) is 0. The SMILES string of the molecule is [N-]=[N+]=C(c1ccc(CO)cc1)C(F)(F)F. The third-order valence-corrected chi connectivity index (χ3v) is 1.78. The van der Waals surface area contributed by atoms with Gasteiger partial charge in [-0.25, -0.2) is 0 Å². The highest BCUT2D eigenvalue weighted by molar-refractivity contribution is 6.00. The smallest absolute Gasteiger partial charge is 0.392 e. The van der Waals surface area contributed by atoms with Crippen LogP contribution in [0.1, 0.15) is 11.1 Å². The van der Waals surface area contributed by atoms with Gasteiger partial charge in [-0.1, -0.05) is 12.1 Å². The Hall–Kier alpha value is -1.65. The van der Waals surface area contributed by atoms with Crippen molar-refractivity contribution in [3.05, 3.63) is 40.9 Å². The first kappa shape index (κ1) is 11.4. The van der Waals surface area contributed by atoms with Gasteiger partial charge in [0.25, 0.3) is 0 Å². The van der Waals surface area contributed by atoms with Crippen LogP contribution in [-0.4, -0.2) is 21.8 Å². The van der Waals surface area contributed by atoms with E-state index in [1.807, 2.05) is 0 Å². The molecule has 1 N–H and O–H groups in total. The third-order valence-electron chi connectivity index (χ3n) is 1.78. The summed E-state index contributed by atoms with van der Waals surface area (Å²) in [4.78, 5) is 2.21. The Morgan fingerprint density at radius 3 is 2.13 bits per heavy atom. The van der Waals surface area contributed by atoms with Crippen molar-refractivity contribution in [1.29, 1.82) is 0 Å². The normalized spacial score (nSPS) is 10.9. The fourth-order valence-electron chi connectivity index (χ4n) is 1.05. The summed E-state index contributed by atoms with van der Waals surface area (Å²) in [6.07, 6.45) is -4.70. The van der Waals surface area contributed by atoms with Crippen LogP contribution in [-0.2, 0) is 6.61 Å². The van der Waals surface area contributed by atoms with Crippen LogP contribution in [0.25, 0.3) is 5.53 Å². The summed E-state index contributed by atoms with van der Waals surface area (Å²) in [5.74, 6) is 0. The molecule has 0 aromatic heterocycles. The van der Waals surface area contributed by atoms with Crippen LogP contribution < -0.4 is 0 Å². The summed E-state index contributed by atoms with van der Waals surface area (Å²) >= 11 is 0. The molecule has 0 atom stereocenters. The molecule has 0 saturated heterocycles. The quantitative estimate of drug-likeness (QED) is 0.457. The van der Waals surface area contributed by atoms with Crippen LogP contribution in [0.5, 0.6) is 0 Å². The molecule has 0 bridgehead atoms. The molecule has 0 radical (unpaired) electrons. The highest BCUT2D eigenvalue weighted by atomic mass is 19.4. The van der Waals surface area contributed by atoms with Crippen molar-refractivity contribution in [2.45, 2.75) is 12.8 Å². The van der Waals surface area contributed by atoms with Crippen LogP contribution in [0.15, 0.2) is 24.3 Å². The minimum Gasteiger partial charge on any atom is -0.392 e. The lowest BCUT2D eigenvalue weighted by Crippen LogP contribution is -2.24. The molecule has 0 aliphatic heterocycles. The second-order valence-electron chi connectivity index (χ2n) is 2.80. The van der Waals surface area contributed by atoms with Gasteiger partial charge in [0.05, 0.1) is 12.2 Å². The number of aliphatic hydroxyl groups excluding tert-OH is 1. The Morgan fingerprint density at radius 2 is 1.80 bits per heavy atom. The zero-order valence-electron chi connectivity index (χ0n) is 7.49. The van der Waals surface area contributed by atoms with E-state index < -0.39 is 11.9 Å². The fraction of sp³-hybridized carbons (Fsp3) is 0.222. The van der Waals surface area contributed by atoms with E-state index in [-0.39, 0.29) is 12.2 Å². The van der Waals surface area contributed by atoms with Crippen molar-refractivity contribution in [2.75, 3.05) is 0 Å². The third kappa shape index (κ3) is 2.65. The molecule has 3 nitrogen and oxygen atoms in total. The van der Waals surface area contributed by atoms with Gasteiger partial charge in [0.2, 0.25) is 0 Å².